The topological polar surface area (TPSA) is 43.8 Å². The summed E-state index contributed by atoms with van der Waals surface area (Å²) in [7, 11) is 0. The maximum absolute atomic E-state index is 5.69. The van der Waals surface area contributed by atoms with Crippen LogP contribution in [-0.4, -0.2) is 16.3 Å². The lowest BCUT2D eigenvalue weighted by atomic mass is 9.99. The minimum Gasteiger partial charge on any atom is -0.330 e. The smallest absolute Gasteiger partial charge is 0.0631 e. The van der Waals surface area contributed by atoms with Crippen molar-refractivity contribution >= 4 is 0 Å². The molecule has 0 saturated heterocycles. The zero-order valence-corrected chi connectivity index (χ0v) is 9.83. The summed E-state index contributed by atoms with van der Waals surface area (Å²) in [6.45, 7) is 11.3. The van der Waals surface area contributed by atoms with E-state index in [1.807, 2.05) is 0 Å². The van der Waals surface area contributed by atoms with E-state index in [2.05, 4.69) is 44.4 Å². The molecule has 0 aliphatic heterocycles. The molecule has 0 radical (unpaired) electrons. The van der Waals surface area contributed by atoms with Gasteiger partial charge in [0.05, 0.1) is 5.69 Å². The van der Waals surface area contributed by atoms with Crippen molar-refractivity contribution in [1.82, 2.24) is 9.78 Å². The van der Waals surface area contributed by atoms with Crippen molar-refractivity contribution in [2.75, 3.05) is 6.54 Å². The van der Waals surface area contributed by atoms with E-state index in [1.165, 1.54) is 11.3 Å². The van der Waals surface area contributed by atoms with E-state index >= 15 is 0 Å². The van der Waals surface area contributed by atoms with Crippen LogP contribution in [0.2, 0.25) is 0 Å². The predicted molar refractivity (Wildman–Crippen MR) is 59.6 cm³/mol. The molecule has 3 nitrogen and oxygen atoms in total. The minimum atomic E-state index is 0.405. The van der Waals surface area contributed by atoms with Crippen LogP contribution in [-0.2, 0) is 0 Å². The lowest BCUT2D eigenvalue weighted by Crippen LogP contribution is -2.11. The van der Waals surface area contributed by atoms with Gasteiger partial charge in [0.15, 0.2) is 0 Å². The van der Waals surface area contributed by atoms with Gasteiger partial charge in [0.25, 0.3) is 0 Å². The molecule has 0 aliphatic carbocycles. The van der Waals surface area contributed by atoms with Crippen LogP contribution in [0.25, 0.3) is 0 Å². The normalized spacial score (nSPS) is 13.6. The Bertz CT molecular complexity index is 313. The first kappa shape index (κ1) is 11.2. The van der Waals surface area contributed by atoms with Gasteiger partial charge >= 0.3 is 0 Å². The lowest BCUT2D eigenvalue weighted by Gasteiger charge is -2.11. The molecule has 0 saturated carbocycles. The number of aryl methyl sites for hydroxylation is 1. The summed E-state index contributed by atoms with van der Waals surface area (Å²) in [5, 5.41) is 4.54. The Morgan fingerprint density at radius 2 is 1.86 bits per heavy atom. The summed E-state index contributed by atoms with van der Waals surface area (Å²) in [6.07, 6.45) is 0. The number of nitrogens with two attached hydrogens (primary N) is 1. The van der Waals surface area contributed by atoms with Crippen LogP contribution >= 0.6 is 0 Å². The molecule has 2 N–H and O–H groups in total. The SMILES string of the molecule is Cc1nn(C(C)C)c(C)c1C(C)CN. The van der Waals surface area contributed by atoms with E-state index in [4.69, 9.17) is 5.73 Å². The Morgan fingerprint density at radius 1 is 1.29 bits per heavy atom. The van der Waals surface area contributed by atoms with Gasteiger partial charge in [-0.05, 0) is 45.7 Å². The van der Waals surface area contributed by atoms with Crippen LogP contribution in [0.1, 0.15) is 49.7 Å². The summed E-state index contributed by atoms with van der Waals surface area (Å²) in [6, 6.07) is 0.424. The molecule has 1 aromatic heterocycles. The van der Waals surface area contributed by atoms with Crippen molar-refractivity contribution in [3.05, 3.63) is 17.0 Å². The van der Waals surface area contributed by atoms with Crippen molar-refractivity contribution in [3.63, 3.8) is 0 Å². The Hall–Kier alpha value is -0.830. The molecule has 14 heavy (non-hydrogen) atoms. The molecule has 0 bridgehead atoms. The maximum atomic E-state index is 5.69. The third kappa shape index (κ3) is 1.82. The molecule has 0 fully saturated rings. The molecule has 0 aromatic carbocycles. The largest absolute Gasteiger partial charge is 0.330 e. The van der Waals surface area contributed by atoms with E-state index < -0.39 is 0 Å². The molecule has 1 atom stereocenters. The fraction of sp³-hybridized carbons (Fsp3) is 0.727. The zero-order chi connectivity index (χ0) is 10.9. The number of rotatable bonds is 3. The number of hydrogen-bond acceptors (Lipinski definition) is 2. The molecule has 1 rings (SSSR count). The Balaban J connectivity index is 3.17. The van der Waals surface area contributed by atoms with Crippen molar-refractivity contribution in [1.29, 1.82) is 0 Å². The van der Waals surface area contributed by atoms with Gasteiger partial charge in [0, 0.05) is 11.7 Å². The zero-order valence-electron chi connectivity index (χ0n) is 9.83. The van der Waals surface area contributed by atoms with Crippen LogP contribution in [0.5, 0.6) is 0 Å². The molecule has 1 aromatic rings. The summed E-state index contributed by atoms with van der Waals surface area (Å²) in [4.78, 5) is 0. The highest BCUT2D eigenvalue weighted by molar-refractivity contribution is 5.28. The first-order chi connectivity index (χ1) is 6.49. The molecular weight excluding hydrogens is 174 g/mol. The predicted octanol–water partition coefficient (Wildman–Crippen LogP) is 2.14. The van der Waals surface area contributed by atoms with E-state index in [9.17, 15) is 0 Å². The summed E-state index contributed by atoms with van der Waals surface area (Å²) < 4.78 is 2.08. The molecule has 0 amide bonds. The maximum Gasteiger partial charge on any atom is 0.0631 e. The van der Waals surface area contributed by atoms with E-state index in [0.29, 0.717) is 18.5 Å². The molecule has 1 heterocycles. The summed E-state index contributed by atoms with van der Waals surface area (Å²) >= 11 is 0. The van der Waals surface area contributed by atoms with E-state index in [-0.39, 0.29) is 0 Å². The molecular formula is C11H21N3. The fourth-order valence-electron chi connectivity index (χ4n) is 2.01. The third-order valence-corrected chi connectivity index (χ3v) is 2.72. The van der Waals surface area contributed by atoms with Gasteiger partial charge in [0.2, 0.25) is 0 Å². The average molecular weight is 195 g/mol. The monoisotopic (exact) mass is 195 g/mol. The van der Waals surface area contributed by atoms with Crippen LogP contribution in [0, 0.1) is 13.8 Å². The fourth-order valence-corrected chi connectivity index (χ4v) is 2.01. The van der Waals surface area contributed by atoms with Crippen LogP contribution < -0.4 is 5.73 Å². The van der Waals surface area contributed by atoms with Gasteiger partial charge in [-0.15, -0.1) is 0 Å². The van der Waals surface area contributed by atoms with Gasteiger partial charge in [-0.1, -0.05) is 6.92 Å². The van der Waals surface area contributed by atoms with Gasteiger partial charge in [0.1, 0.15) is 0 Å². The lowest BCUT2D eigenvalue weighted by molar-refractivity contribution is 0.515. The Morgan fingerprint density at radius 3 is 2.21 bits per heavy atom. The van der Waals surface area contributed by atoms with Gasteiger partial charge < -0.3 is 5.73 Å². The first-order valence-corrected chi connectivity index (χ1v) is 5.24. The second kappa shape index (κ2) is 4.13. The van der Waals surface area contributed by atoms with Gasteiger partial charge in [-0.25, -0.2) is 0 Å². The second-order valence-corrected chi connectivity index (χ2v) is 4.26. The van der Waals surface area contributed by atoms with Crippen molar-refractivity contribution in [2.24, 2.45) is 5.73 Å². The highest BCUT2D eigenvalue weighted by Crippen LogP contribution is 2.24. The molecule has 3 heteroatoms. The van der Waals surface area contributed by atoms with Crippen molar-refractivity contribution in [2.45, 2.75) is 46.6 Å². The van der Waals surface area contributed by atoms with Crippen LogP contribution in [0.15, 0.2) is 0 Å². The molecule has 0 spiro atoms. The highest BCUT2D eigenvalue weighted by Gasteiger charge is 2.17. The second-order valence-electron chi connectivity index (χ2n) is 4.26. The number of nitrogens with zero attached hydrogens (tertiary/aromatic N) is 2. The minimum absolute atomic E-state index is 0.405. The summed E-state index contributed by atoms with van der Waals surface area (Å²) in [5.41, 5.74) is 9.39. The number of hydrogen-bond donors (Lipinski definition) is 1. The third-order valence-electron chi connectivity index (χ3n) is 2.72. The molecule has 1 unspecified atom stereocenters. The Kier molecular flexibility index (Phi) is 3.32. The Labute approximate surface area is 86.3 Å². The van der Waals surface area contributed by atoms with Crippen LogP contribution in [0.4, 0.5) is 0 Å². The standard InChI is InChI=1S/C11H21N3/c1-7(2)14-10(5)11(8(3)6-12)9(4)13-14/h7-8H,6,12H2,1-5H3. The van der Waals surface area contributed by atoms with Gasteiger partial charge in [-0.2, -0.15) is 5.10 Å². The van der Waals surface area contributed by atoms with Gasteiger partial charge in [-0.3, -0.25) is 4.68 Å². The van der Waals surface area contributed by atoms with E-state index in [0.717, 1.165) is 5.69 Å². The van der Waals surface area contributed by atoms with Crippen molar-refractivity contribution < 1.29 is 0 Å². The van der Waals surface area contributed by atoms with E-state index in [1.54, 1.807) is 0 Å². The number of aromatic nitrogens is 2. The average Bonchev–Trinajstić information content (AvgIpc) is 2.41. The highest BCUT2D eigenvalue weighted by atomic mass is 15.3. The van der Waals surface area contributed by atoms with Crippen LogP contribution in [0.3, 0.4) is 0 Å². The molecule has 80 valence electrons. The quantitative estimate of drug-likeness (QED) is 0.803. The van der Waals surface area contributed by atoms with Crippen molar-refractivity contribution in [3.8, 4) is 0 Å². The summed E-state index contributed by atoms with van der Waals surface area (Å²) in [5.74, 6) is 0.405. The molecule has 0 aliphatic rings. The first-order valence-electron chi connectivity index (χ1n) is 5.24.